The molecule has 5 nitrogen and oxygen atoms in total. The second kappa shape index (κ2) is 8.06. The van der Waals surface area contributed by atoms with Gasteiger partial charge in [0, 0.05) is 18.1 Å². The Labute approximate surface area is 144 Å². The average molecular weight is 421 g/mol. The van der Waals surface area contributed by atoms with Crippen LogP contribution in [0.1, 0.15) is 23.5 Å². The van der Waals surface area contributed by atoms with Gasteiger partial charge in [0.15, 0.2) is 5.96 Å². The summed E-state index contributed by atoms with van der Waals surface area (Å²) in [5.41, 5.74) is 8.77. The molecular weight excluding hydrogens is 403 g/mol. The summed E-state index contributed by atoms with van der Waals surface area (Å²) in [6, 6.07) is 5.89. The van der Waals surface area contributed by atoms with Gasteiger partial charge in [-0.15, -0.1) is 24.0 Å². The fourth-order valence-electron chi connectivity index (χ4n) is 2.03. The Bertz CT molecular complexity index is 634. The summed E-state index contributed by atoms with van der Waals surface area (Å²) in [4.78, 5) is 7.87. The Kier molecular flexibility index (Phi) is 6.72. The standard InChI is InChI=1S/C14H17F2N5.HI/c1-9-5-10(2)7-11(6-9)20-14(17)19-8-12-18-3-4-21(12)13(15)16;/h3-7,13H,8H2,1-2H3,(H3,17,19,20);1H. The molecule has 1 heterocycles. The largest absolute Gasteiger partial charge is 0.370 e. The van der Waals surface area contributed by atoms with E-state index in [1.807, 2.05) is 32.0 Å². The number of aromatic nitrogens is 2. The smallest absolute Gasteiger partial charge is 0.319 e. The molecule has 0 radical (unpaired) electrons. The van der Waals surface area contributed by atoms with Gasteiger partial charge in [-0.1, -0.05) is 6.07 Å². The van der Waals surface area contributed by atoms with Crippen molar-refractivity contribution in [2.75, 3.05) is 5.32 Å². The van der Waals surface area contributed by atoms with E-state index < -0.39 is 6.55 Å². The Morgan fingerprint density at radius 2 is 1.95 bits per heavy atom. The van der Waals surface area contributed by atoms with Crippen molar-refractivity contribution in [2.45, 2.75) is 26.9 Å². The summed E-state index contributed by atoms with van der Waals surface area (Å²) in [5.74, 6) is 0.319. The van der Waals surface area contributed by atoms with Crippen molar-refractivity contribution in [1.29, 1.82) is 0 Å². The Hall–Kier alpha value is -1.71. The van der Waals surface area contributed by atoms with E-state index in [0.717, 1.165) is 21.4 Å². The second-order valence-electron chi connectivity index (χ2n) is 4.73. The van der Waals surface area contributed by atoms with Crippen molar-refractivity contribution < 1.29 is 8.78 Å². The number of aryl methyl sites for hydroxylation is 2. The van der Waals surface area contributed by atoms with Crippen LogP contribution in [0.4, 0.5) is 14.5 Å². The third kappa shape index (κ3) is 4.93. The third-order valence-corrected chi connectivity index (χ3v) is 2.84. The molecule has 0 spiro atoms. The zero-order valence-electron chi connectivity index (χ0n) is 12.3. The number of alkyl halides is 2. The van der Waals surface area contributed by atoms with Gasteiger partial charge >= 0.3 is 6.55 Å². The van der Waals surface area contributed by atoms with Gasteiger partial charge in [0.1, 0.15) is 12.4 Å². The molecule has 0 aliphatic carbocycles. The minimum Gasteiger partial charge on any atom is -0.370 e. The highest BCUT2D eigenvalue weighted by Crippen LogP contribution is 2.14. The van der Waals surface area contributed by atoms with Gasteiger partial charge in [-0.3, -0.25) is 4.57 Å². The minimum atomic E-state index is -2.63. The predicted octanol–water partition coefficient (Wildman–Crippen LogP) is 3.44. The van der Waals surface area contributed by atoms with E-state index in [-0.39, 0.29) is 42.3 Å². The zero-order valence-corrected chi connectivity index (χ0v) is 14.6. The van der Waals surface area contributed by atoms with Crippen LogP contribution in [-0.2, 0) is 6.54 Å². The number of guanidine groups is 1. The molecule has 1 aromatic carbocycles. The van der Waals surface area contributed by atoms with Crippen molar-refractivity contribution in [3.05, 3.63) is 47.5 Å². The number of anilines is 1. The number of rotatable bonds is 4. The number of imidazole rings is 1. The normalized spacial score (nSPS) is 11.4. The first-order valence-corrected chi connectivity index (χ1v) is 6.41. The van der Waals surface area contributed by atoms with Gasteiger partial charge in [0.2, 0.25) is 0 Å². The van der Waals surface area contributed by atoms with E-state index in [9.17, 15) is 8.78 Å². The van der Waals surface area contributed by atoms with E-state index in [2.05, 4.69) is 15.3 Å². The molecule has 2 rings (SSSR count). The lowest BCUT2D eigenvalue weighted by atomic mass is 10.1. The molecule has 120 valence electrons. The van der Waals surface area contributed by atoms with Gasteiger partial charge in [0.05, 0.1) is 0 Å². The molecular formula is C14H18F2IN5. The fourth-order valence-corrected chi connectivity index (χ4v) is 2.03. The molecule has 0 unspecified atom stereocenters. The topological polar surface area (TPSA) is 68.2 Å². The molecule has 0 aliphatic rings. The molecule has 8 heteroatoms. The first-order chi connectivity index (χ1) is 9.95. The average Bonchev–Trinajstić information content (AvgIpc) is 2.83. The lowest BCUT2D eigenvalue weighted by molar-refractivity contribution is 0.0671. The maximum absolute atomic E-state index is 12.6. The van der Waals surface area contributed by atoms with E-state index in [4.69, 9.17) is 5.73 Å². The van der Waals surface area contributed by atoms with E-state index in [1.54, 1.807) is 0 Å². The number of benzene rings is 1. The van der Waals surface area contributed by atoms with Crippen LogP contribution in [0.25, 0.3) is 0 Å². The summed E-state index contributed by atoms with van der Waals surface area (Å²) in [6.45, 7) is 1.31. The molecule has 0 saturated carbocycles. The van der Waals surface area contributed by atoms with Gasteiger partial charge in [-0.2, -0.15) is 8.78 Å². The van der Waals surface area contributed by atoms with Gasteiger partial charge < -0.3 is 11.1 Å². The molecule has 0 bridgehead atoms. The lowest BCUT2D eigenvalue weighted by Gasteiger charge is -2.08. The fraction of sp³-hybridized carbons (Fsp3) is 0.286. The molecule has 0 saturated heterocycles. The van der Waals surface area contributed by atoms with Gasteiger partial charge in [0.25, 0.3) is 0 Å². The van der Waals surface area contributed by atoms with Crippen LogP contribution < -0.4 is 11.1 Å². The number of aliphatic imine (C=N–C) groups is 1. The monoisotopic (exact) mass is 421 g/mol. The summed E-state index contributed by atoms with van der Waals surface area (Å²) in [6.07, 6.45) is 2.52. The molecule has 3 N–H and O–H groups in total. The van der Waals surface area contributed by atoms with Crippen molar-refractivity contribution in [3.63, 3.8) is 0 Å². The highest BCUT2D eigenvalue weighted by Gasteiger charge is 2.10. The first-order valence-electron chi connectivity index (χ1n) is 6.41. The molecule has 0 fully saturated rings. The molecule has 0 atom stereocenters. The Morgan fingerprint density at radius 3 is 2.55 bits per heavy atom. The van der Waals surface area contributed by atoms with E-state index in [0.29, 0.717) is 0 Å². The van der Waals surface area contributed by atoms with Crippen molar-refractivity contribution in [3.8, 4) is 0 Å². The van der Waals surface area contributed by atoms with E-state index in [1.165, 1.54) is 12.4 Å². The molecule has 22 heavy (non-hydrogen) atoms. The highest BCUT2D eigenvalue weighted by molar-refractivity contribution is 14.0. The minimum absolute atomic E-state index is 0. The predicted molar refractivity (Wildman–Crippen MR) is 93.8 cm³/mol. The Morgan fingerprint density at radius 1 is 1.32 bits per heavy atom. The quantitative estimate of drug-likeness (QED) is 0.452. The van der Waals surface area contributed by atoms with Crippen LogP contribution in [-0.4, -0.2) is 15.5 Å². The summed E-state index contributed by atoms with van der Waals surface area (Å²) in [7, 11) is 0. The van der Waals surface area contributed by atoms with Crippen LogP contribution in [0.2, 0.25) is 0 Å². The summed E-state index contributed by atoms with van der Waals surface area (Å²) < 4.78 is 26.1. The summed E-state index contributed by atoms with van der Waals surface area (Å²) in [5, 5.41) is 2.94. The van der Waals surface area contributed by atoms with Crippen LogP contribution in [0.3, 0.4) is 0 Å². The molecule has 0 amide bonds. The van der Waals surface area contributed by atoms with Gasteiger partial charge in [-0.25, -0.2) is 9.98 Å². The SMILES string of the molecule is Cc1cc(C)cc(NC(N)=NCc2nccn2C(F)F)c1.I. The highest BCUT2D eigenvalue weighted by atomic mass is 127. The lowest BCUT2D eigenvalue weighted by Crippen LogP contribution is -2.23. The maximum atomic E-state index is 12.6. The van der Waals surface area contributed by atoms with Crippen molar-refractivity contribution in [2.24, 2.45) is 10.7 Å². The molecule has 2 aromatic rings. The first kappa shape index (κ1) is 18.3. The third-order valence-electron chi connectivity index (χ3n) is 2.84. The van der Waals surface area contributed by atoms with Crippen molar-refractivity contribution >= 4 is 35.6 Å². The number of hydrogen-bond acceptors (Lipinski definition) is 2. The number of nitrogens with zero attached hydrogens (tertiary/aromatic N) is 3. The van der Waals surface area contributed by atoms with Crippen molar-refractivity contribution in [1.82, 2.24) is 9.55 Å². The van der Waals surface area contributed by atoms with Crippen LogP contribution >= 0.6 is 24.0 Å². The van der Waals surface area contributed by atoms with Gasteiger partial charge in [-0.05, 0) is 37.1 Å². The molecule has 0 aliphatic heterocycles. The van der Waals surface area contributed by atoms with Crippen LogP contribution in [0.15, 0.2) is 35.6 Å². The van der Waals surface area contributed by atoms with Crippen LogP contribution in [0, 0.1) is 13.8 Å². The number of hydrogen-bond donors (Lipinski definition) is 2. The Balaban J connectivity index is 0.00000242. The number of halogens is 3. The number of nitrogens with two attached hydrogens (primary N) is 1. The summed E-state index contributed by atoms with van der Waals surface area (Å²) >= 11 is 0. The second-order valence-corrected chi connectivity index (χ2v) is 4.73. The molecule has 1 aromatic heterocycles. The maximum Gasteiger partial charge on any atom is 0.319 e. The van der Waals surface area contributed by atoms with Crippen LogP contribution in [0.5, 0.6) is 0 Å². The number of nitrogens with one attached hydrogen (secondary N) is 1. The zero-order chi connectivity index (χ0) is 15.4. The van der Waals surface area contributed by atoms with E-state index >= 15 is 0 Å².